The molecule has 2 aromatic rings. The summed E-state index contributed by atoms with van der Waals surface area (Å²) in [4.78, 5) is 0. The topological polar surface area (TPSA) is 21.3 Å². The van der Waals surface area contributed by atoms with Crippen molar-refractivity contribution in [1.82, 2.24) is 5.32 Å². The summed E-state index contributed by atoms with van der Waals surface area (Å²) in [6.07, 6.45) is 0. The van der Waals surface area contributed by atoms with Crippen LogP contribution in [-0.2, 0) is 6.54 Å². The summed E-state index contributed by atoms with van der Waals surface area (Å²) in [7, 11) is 1.82. The van der Waals surface area contributed by atoms with Gasteiger partial charge < -0.3 is 10.1 Å². The third-order valence-corrected chi connectivity index (χ3v) is 3.25. The molecule has 0 heterocycles. The summed E-state index contributed by atoms with van der Waals surface area (Å²) in [5.74, 6) is 0.868. The molecule has 0 unspecified atom stereocenters. The fraction of sp³-hybridized carbons (Fsp3) is 0.200. The quantitative estimate of drug-likeness (QED) is 0.899. The lowest BCUT2D eigenvalue weighted by Crippen LogP contribution is -2.05. The van der Waals surface area contributed by atoms with Crippen LogP contribution >= 0.6 is 15.9 Å². The lowest BCUT2D eigenvalue weighted by Gasteiger charge is -2.10. The average molecular weight is 324 g/mol. The number of rotatable bonds is 4. The summed E-state index contributed by atoms with van der Waals surface area (Å²) in [6.45, 7) is 2.60. The normalized spacial score (nSPS) is 10.5. The predicted octanol–water partition coefficient (Wildman–Crippen LogP) is 4.41. The van der Waals surface area contributed by atoms with Crippen molar-refractivity contribution >= 4 is 15.9 Å². The van der Waals surface area contributed by atoms with Crippen LogP contribution in [0.25, 0.3) is 0 Å². The van der Waals surface area contributed by atoms with Gasteiger partial charge in [-0.2, -0.15) is 0 Å². The van der Waals surface area contributed by atoms with Gasteiger partial charge in [-0.05, 0) is 65.3 Å². The first-order chi connectivity index (χ1) is 9.08. The highest BCUT2D eigenvalue weighted by molar-refractivity contribution is 9.10. The molecule has 0 saturated heterocycles. The highest BCUT2D eigenvalue weighted by Gasteiger charge is 2.06. The largest absolute Gasteiger partial charge is 0.456 e. The Balaban J connectivity index is 2.27. The molecule has 100 valence electrons. The molecular weight excluding hydrogens is 309 g/mol. The van der Waals surface area contributed by atoms with Crippen LogP contribution in [-0.4, -0.2) is 7.05 Å². The maximum atomic E-state index is 13.5. The number of hydrogen-bond acceptors (Lipinski definition) is 2. The molecule has 0 aliphatic carbocycles. The Hall–Kier alpha value is -1.39. The van der Waals surface area contributed by atoms with Crippen molar-refractivity contribution in [2.45, 2.75) is 13.5 Å². The number of aryl methyl sites for hydroxylation is 1. The van der Waals surface area contributed by atoms with E-state index in [4.69, 9.17) is 4.74 Å². The molecule has 0 aromatic heterocycles. The zero-order valence-electron chi connectivity index (χ0n) is 10.8. The molecule has 1 N–H and O–H groups in total. The molecule has 2 rings (SSSR count). The van der Waals surface area contributed by atoms with Gasteiger partial charge in [-0.1, -0.05) is 6.07 Å². The van der Waals surface area contributed by atoms with Crippen molar-refractivity contribution in [1.29, 1.82) is 0 Å². The zero-order chi connectivity index (χ0) is 13.8. The highest BCUT2D eigenvalue weighted by Crippen LogP contribution is 2.31. The number of benzene rings is 2. The lowest BCUT2D eigenvalue weighted by molar-refractivity contribution is 0.472. The van der Waals surface area contributed by atoms with E-state index in [2.05, 4.69) is 21.2 Å². The number of nitrogens with one attached hydrogen (secondary N) is 1. The van der Waals surface area contributed by atoms with Gasteiger partial charge in [0.15, 0.2) is 0 Å². The van der Waals surface area contributed by atoms with Gasteiger partial charge >= 0.3 is 0 Å². The van der Waals surface area contributed by atoms with Crippen molar-refractivity contribution in [3.8, 4) is 11.5 Å². The molecule has 2 nitrogen and oxygen atoms in total. The van der Waals surface area contributed by atoms with Crippen LogP contribution in [0.2, 0.25) is 0 Å². The number of halogens is 2. The Kier molecular flexibility index (Phi) is 4.56. The van der Waals surface area contributed by atoms with Gasteiger partial charge in [0.2, 0.25) is 0 Å². The molecule has 0 amide bonds. The van der Waals surface area contributed by atoms with E-state index in [0.717, 1.165) is 15.6 Å². The Labute approximate surface area is 120 Å². The van der Waals surface area contributed by atoms with Crippen molar-refractivity contribution in [2.24, 2.45) is 0 Å². The third-order valence-electron chi connectivity index (χ3n) is 2.63. The van der Waals surface area contributed by atoms with E-state index in [9.17, 15) is 4.39 Å². The van der Waals surface area contributed by atoms with Crippen LogP contribution in [0.5, 0.6) is 11.5 Å². The van der Waals surface area contributed by atoms with Gasteiger partial charge in [-0.3, -0.25) is 0 Å². The van der Waals surface area contributed by atoms with Gasteiger partial charge in [0.05, 0.1) is 4.47 Å². The van der Waals surface area contributed by atoms with Gasteiger partial charge in [0, 0.05) is 12.6 Å². The van der Waals surface area contributed by atoms with E-state index in [0.29, 0.717) is 18.0 Å². The molecule has 0 atom stereocenters. The number of ether oxygens (including phenoxy) is 1. The van der Waals surface area contributed by atoms with Crippen molar-refractivity contribution < 1.29 is 9.13 Å². The Morgan fingerprint density at radius 2 is 2.00 bits per heavy atom. The molecule has 19 heavy (non-hydrogen) atoms. The minimum absolute atomic E-state index is 0.300. The molecular formula is C15H15BrFNO. The van der Waals surface area contributed by atoms with Gasteiger partial charge in [-0.25, -0.2) is 4.39 Å². The second kappa shape index (κ2) is 6.17. The fourth-order valence-corrected chi connectivity index (χ4v) is 2.38. The molecule has 0 spiro atoms. The van der Waals surface area contributed by atoms with Gasteiger partial charge in [0.25, 0.3) is 0 Å². The summed E-state index contributed by atoms with van der Waals surface area (Å²) in [6, 6.07) is 10.5. The zero-order valence-corrected chi connectivity index (χ0v) is 12.4. The van der Waals surface area contributed by atoms with E-state index in [-0.39, 0.29) is 5.82 Å². The third kappa shape index (κ3) is 3.78. The van der Waals surface area contributed by atoms with Crippen LogP contribution in [0.15, 0.2) is 40.9 Å². The molecule has 0 fully saturated rings. The van der Waals surface area contributed by atoms with E-state index in [1.165, 1.54) is 12.1 Å². The Morgan fingerprint density at radius 1 is 1.21 bits per heavy atom. The lowest BCUT2D eigenvalue weighted by atomic mass is 10.2. The molecule has 0 radical (unpaired) electrons. The first kappa shape index (κ1) is 14.0. The second-order valence-electron chi connectivity index (χ2n) is 4.36. The van der Waals surface area contributed by atoms with Gasteiger partial charge in [0.1, 0.15) is 17.3 Å². The minimum Gasteiger partial charge on any atom is -0.456 e. The molecule has 0 aliphatic rings. The first-order valence-electron chi connectivity index (χ1n) is 5.96. The minimum atomic E-state index is -0.300. The first-order valence-corrected chi connectivity index (χ1v) is 6.76. The van der Waals surface area contributed by atoms with E-state index >= 15 is 0 Å². The van der Waals surface area contributed by atoms with Crippen molar-refractivity contribution in [2.75, 3.05) is 7.05 Å². The smallest absolute Gasteiger partial charge is 0.141 e. The summed E-state index contributed by atoms with van der Waals surface area (Å²) < 4.78 is 20.1. The monoisotopic (exact) mass is 323 g/mol. The maximum Gasteiger partial charge on any atom is 0.141 e. The molecule has 0 saturated carbocycles. The van der Waals surface area contributed by atoms with E-state index in [1.54, 1.807) is 0 Å². The fourth-order valence-electron chi connectivity index (χ4n) is 1.80. The van der Waals surface area contributed by atoms with Crippen LogP contribution < -0.4 is 10.1 Å². The van der Waals surface area contributed by atoms with Gasteiger partial charge in [-0.15, -0.1) is 0 Å². The molecule has 0 bridgehead atoms. The predicted molar refractivity (Wildman–Crippen MR) is 78.1 cm³/mol. The summed E-state index contributed by atoms with van der Waals surface area (Å²) >= 11 is 3.44. The van der Waals surface area contributed by atoms with Crippen molar-refractivity contribution in [3.63, 3.8) is 0 Å². The van der Waals surface area contributed by atoms with E-state index in [1.807, 2.05) is 38.2 Å². The van der Waals surface area contributed by atoms with Crippen LogP contribution in [0, 0.1) is 12.7 Å². The van der Waals surface area contributed by atoms with Crippen LogP contribution in [0.1, 0.15) is 11.1 Å². The SMILES string of the molecule is CNCc1cc(F)cc(Oc2ccc(C)cc2Br)c1. The summed E-state index contributed by atoms with van der Waals surface area (Å²) in [5, 5.41) is 2.99. The molecule has 2 aromatic carbocycles. The highest BCUT2D eigenvalue weighted by atomic mass is 79.9. The van der Waals surface area contributed by atoms with Crippen LogP contribution in [0.3, 0.4) is 0 Å². The molecule has 4 heteroatoms. The second-order valence-corrected chi connectivity index (χ2v) is 5.22. The van der Waals surface area contributed by atoms with Crippen molar-refractivity contribution in [3.05, 3.63) is 57.8 Å². The maximum absolute atomic E-state index is 13.5. The average Bonchev–Trinajstić information content (AvgIpc) is 2.32. The number of hydrogen-bond donors (Lipinski definition) is 1. The van der Waals surface area contributed by atoms with Crippen LogP contribution in [0.4, 0.5) is 4.39 Å². The Morgan fingerprint density at radius 3 is 2.68 bits per heavy atom. The summed E-state index contributed by atoms with van der Waals surface area (Å²) in [5.41, 5.74) is 1.98. The van der Waals surface area contributed by atoms with E-state index < -0.39 is 0 Å². The molecule has 0 aliphatic heterocycles. The Bertz CT molecular complexity index is 586. The standard InChI is InChI=1S/C15H15BrFNO/c1-10-3-4-15(14(16)5-10)19-13-7-11(9-18-2)6-12(17)8-13/h3-8,18H,9H2,1-2H3.